The fraction of sp³-hybridized carbons (Fsp3) is 0.387. The van der Waals surface area contributed by atoms with Crippen molar-refractivity contribution in [2.45, 2.75) is 37.8 Å². The number of nitrogen functional groups attached to an aromatic ring is 1. The number of aromatic nitrogens is 3. The lowest BCUT2D eigenvalue weighted by Crippen LogP contribution is -2.49. The number of anilines is 2. The Bertz CT molecular complexity index is 1640. The number of benzene rings is 2. The van der Waals surface area contributed by atoms with Gasteiger partial charge >= 0.3 is 0 Å². The molecular weight excluding hydrogens is 559 g/mol. The summed E-state index contributed by atoms with van der Waals surface area (Å²) in [5, 5.41) is 3.19. The molecule has 2 fully saturated rings. The maximum absolute atomic E-state index is 14.2. The largest absolute Gasteiger partial charge is 0.495 e. The van der Waals surface area contributed by atoms with Gasteiger partial charge < -0.3 is 25.3 Å². The van der Waals surface area contributed by atoms with Crippen LogP contribution in [0.4, 0.5) is 24.7 Å². The maximum Gasteiger partial charge on any atom is 0.261 e. The van der Waals surface area contributed by atoms with Gasteiger partial charge in [-0.25, -0.2) is 23.1 Å². The summed E-state index contributed by atoms with van der Waals surface area (Å²) in [7, 11) is 3.60. The summed E-state index contributed by atoms with van der Waals surface area (Å²) < 4.78 is 49.5. The molecule has 226 valence electrons. The molecule has 0 unspecified atom stereocenters. The summed E-state index contributed by atoms with van der Waals surface area (Å²) in [6.45, 7) is 4.43. The number of nitrogens with zero attached hydrogens (tertiary/aromatic N) is 5. The zero-order chi connectivity index (χ0) is 30.2. The van der Waals surface area contributed by atoms with Gasteiger partial charge in [0.25, 0.3) is 5.91 Å². The highest BCUT2D eigenvalue weighted by atomic mass is 19.1. The molecule has 2 aromatic heterocycles. The van der Waals surface area contributed by atoms with Crippen molar-refractivity contribution in [3.63, 3.8) is 0 Å². The van der Waals surface area contributed by atoms with E-state index in [0.29, 0.717) is 24.0 Å². The summed E-state index contributed by atoms with van der Waals surface area (Å²) >= 11 is 0. The normalized spacial score (nSPS) is 19.9. The standard InChI is InChI=1S/C31H34F3N7O2/c1-39-9-11-40(12-10-39)20-4-6-21(7-5-20)41-16-22(27-29(35)36-17-37-30(27)41)18-3-8-25(26(13-18)43-2)38-31(42)28-23(33)14-19(32)15-24(28)34/h3,8,13-17,20-21H,4-7,9-12H2,1-2H3,(H,38,42)(H2,35,36,37). The van der Waals surface area contributed by atoms with Crippen LogP contribution in [0.15, 0.2) is 42.9 Å². The quantitative estimate of drug-likeness (QED) is 0.321. The molecule has 9 nitrogen and oxygen atoms in total. The van der Waals surface area contributed by atoms with Crippen LogP contribution >= 0.6 is 0 Å². The van der Waals surface area contributed by atoms with E-state index in [1.54, 1.807) is 18.2 Å². The molecule has 0 atom stereocenters. The number of likely N-dealkylation sites (N-methyl/N-ethyl adjacent to an activating group) is 1. The third-order valence-electron chi connectivity index (χ3n) is 8.75. The SMILES string of the molecule is COc1cc(-c2cn(C3CCC(N4CCN(C)CC4)CC3)c3ncnc(N)c23)ccc1NC(=O)c1c(F)cc(F)cc1F. The number of ether oxygens (including phenoxy) is 1. The predicted molar refractivity (Wildman–Crippen MR) is 159 cm³/mol. The first-order valence-corrected chi connectivity index (χ1v) is 14.4. The first kappa shape index (κ1) is 28.9. The van der Waals surface area contributed by atoms with E-state index >= 15 is 0 Å². The minimum atomic E-state index is -1.30. The number of hydrogen-bond donors (Lipinski definition) is 2. The molecule has 1 aliphatic carbocycles. The molecule has 0 spiro atoms. The van der Waals surface area contributed by atoms with E-state index in [9.17, 15) is 18.0 Å². The number of carbonyl (C=O) groups excluding carboxylic acids is 1. The molecule has 1 aliphatic heterocycles. The average Bonchev–Trinajstić information content (AvgIpc) is 3.38. The Morgan fingerprint density at radius 1 is 0.977 bits per heavy atom. The predicted octanol–water partition coefficient (Wildman–Crippen LogP) is 5.09. The van der Waals surface area contributed by atoms with Gasteiger partial charge in [0.2, 0.25) is 0 Å². The monoisotopic (exact) mass is 593 g/mol. The summed E-state index contributed by atoms with van der Waals surface area (Å²) in [6.07, 6.45) is 7.79. The molecule has 1 saturated carbocycles. The van der Waals surface area contributed by atoms with Crippen LogP contribution in [-0.4, -0.2) is 76.6 Å². The molecule has 0 radical (unpaired) electrons. The Morgan fingerprint density at radius 2 is 1.65 bits per heavy atom. The average molecular weight is 594 g/mol. The van der Waals surface area contributed by atoms with E-state index in [1.807, 2.05) is 6.20 Å². The van der Waals surface area contributed by atoms with Gasteiger partial charge in [0, 0.05) is 62.2 Å². The van der Waals surface area contributed by atoms with Gasteiger partial charge in [-0.1, -0.05) is 6.07 Å². The van der Waals surface area contributed by atoms with E-state index in [-0.39, 0.29) is 17.5 Å². The number of methoxy groups -OCH3 is 1. The van der Waals surface area contributed by atoms with Crippen LogP contribution in [0.1, 0.15) is 42.1 Å². The van der Waals surface area contributed by atoms with Crippen LogP contribution < -0.4 is 15.8 Å². The lowest BCUT2D eigenvalue weighted by atomic mass is 9.89. The van der Waals surface area contributed by atoms with Gasteiger partial charge in [0.05, 0.1) is 18.2 Å². The molecular formula is C31H34F3N7O2. The van der Waals surface area contributed by atoms with Crippen molar-refractivity contribution >= 4 is 28.4 Å². The van der Waals surface area contributed by atoms with E-state index in [2.05, 4.69) is 36.7 Å². The number of nitrogens with one attached hydrogen (secondary N) is 1. The summed E-state index contributed by atoms with van der Waals surface area (Å²) in [4.78, 5) is 26.6. The summed E-state index contributed by atoms with van der Waals surface area (Å²) in [5.74, 6) is -4.17. The Kier molecular flexibility index (Phi) is 7.97. The first-order valence-electron chi connectivity index (χ1n) is 14.4. The van der Waals surface area contributed by atoms with Crippen LogP contribution in [0.5, 0.6) is 5.75 Å². The molecule has 0 bridgehead atoms. The van der Waals surface area contributed by atoms with Crippen molar-refractivity contribution in [1.29, 1.82) is 0 Å². The molecule has 4 aromatic rings. The Hall–Kier alpha value is -4.16. The number of piperazine rings is 1. The van der Waals surface area contributed by atoms with Crippen molar-refractivity contribution in [1.82, 2.24) is 24.3 Å². The number of halogens is 3. The highest BCUT2D eigenvalue weighted by Gasteiger charge is 2.30. The number of carbonyl (C=O) groups is 1. The fourth-order valence-corrected chi connectivity index (χ4v) is 6.40. The second-order valence-corrected chi connectivity index (χ2v) is 11.3. The topological polar surface area (TPSA) is 102 Å². The van der Waals surface area contributed by atoms with E-state index in [1.165, 1.54) is 13.4 Å². The van der Waals surface area contributed by atoms with Crippen LogP contribution in [0, 0.1) is 17.5 Å². The molecule has 6 rings (SSSR count). The highest BCUT2D eigenvalue weighted by molar-refractivity contribution is 6.06. The van der Waals surface area contributed by atoms with E-state index in [0.717, 1.165) is 74.0 Å². The zero-order valence-corrected chi connectivity index (χ0v) is 24.1. The molecule has 43 heavy (non-hydrogen) atoms. The Labute approximate surface area is 247 Å². The maximum atomic E-state index is 14.2. The van der Waals surface area contributed by atoms with Crippen LogP contribution in [0.2, 0.25) is 0 Å². The van der Waals surface area contributed by atoms with Crippen molar-refractivity contribution in [3.05, 3.63) is 65.9 Å². The fourth-order valence-electron chi connectivity index (χ4n) is 6.40. The third-order valence-corrected chi connectivity index (χ3v) is 8.75. The number of fused-ring (bicyclic) bond motifs is 1. The summed E-state index contributed by atoms with van der Waals surface area (Å²) in [5.41, 5.74) is 7.98. The molecule has 2 aliphatic rings. The Morgan fingerprint density at radius 3 is 2.33 bits per heavy atom. The van der Waals surface area contributed by atoms with Crippen LogP contribution in [-0.2, 0) is 0 Å². The van der Waals surface area contributed by atoms with E-state index < -0.39 is 28.9 Å². The highest BCUT2D eigenvalue weighted by Crippen LogP contribution is 2.41. The Balaban J connectivity index is 1.27. The number of nitrogens with two attached hydrogens (primary N) is 1. The number of hydrogen-bond acceptors (Lipinski definition) is 7. The number of rotatable bonds is 6. The summed E-state index contributed by atoms with van der Waals surface area (Å²) in [6, 6.07) is 6.81. The minimum absolute atomic E-state index is 0.189. The second kappa shape index (κ2) is 11.8. The van der Waals surface area contributed by atoms with Crippen molar-refractivity contribution in [3.8, 4) is 16.9 Å². The van der Waals surface area contributed by atoms with Crippen molar-refractivity contribution < 1.29 is 22.7 Å². The molecule has 12 heteroatoms. The molecule has 3 heterocycles. The van der Waals surface area contributed by atoms with E-state index in [4.69, 9.17) is 10.5 Å². The lowest BCUT2D eigenvalue weighted by molar-refractivity contribution is 0.0828. The van der Waals surface area contributed by atoms with Gasteiger partial charge in [-0.3, -0.25) is 9.69 Å². The van der Waals surface area contributed by atoms with Gasteiger partial charge in [0.15, 0.2) is 0 Å². The smallest absolute Gasteiger partial charge is 0.261 e. The molecule has 3 N–H and O–H groups in total. The molecule has 1 saturated heterocycles. The van der Waals surface area contributed by atoms with Gasteiger partial charge in [0.1, 0.15) is 46.6 Å². The number of amides is 1. The van der Waals surface area contributed by atoms with Crippen molar-refractivity contribution in [2.75, 3.05) is 51.4 Å². The third kappa shape index (κ3) is 5.64. The van der Waals surface area contributed by atoms with Gasteiger partial charge in [-0.15, -0.1) is 0 Å². The van der Waals surface area contributed by atoms with Crippen LogP contribution in [0.25, 0.3) is 22.2 Å². The minimum Gasteiger partial charge on any atom is -0.495 e. The lowest BCUT2D eigenvalue weighted by Gasteiger charge is -2.41. The van der Waals surface area contributed by atoms with Gasteiger partial charge in [-0.05, 0) is 50.4 Å². The van der Waals surface area contributed by atoms with Crippen molar-refractivity contribution in [2.24, 2.45) is 0 Å². The zero-order valence-electron chi connectivity index (χ0n) is 24.1. The molecule has 2 aromatic carbocycles. The van der Waals surface area contributed by atoms with Crippen LogP contribution in [0.3, 0.4) is 0 Å². The van der Waals surface area contributed by atoms with Gasteiger partial charge in [-0.2, -0.15) is 0 Å². The first-order chi connectivity index (χ1) is 20.7. The molecule has 1 amide bonds. The second-order valence-electron chi connectivity index (χ2n) is 11.3.